The first-order valence-corrected chi connectivity index (χ1v) is 16.4. The molecule has 0 amide bonds. The largest absolute Gasteiger partial charge is 0.295 e. The van der Waals surface area contributed by atoms with Crippen molar-refractivity contribution < 1.29 is 0 Å². The highest BCUT2D eigenvalue weighted by molar-refractivity contribution is 6.25. The average Bonchev–Trinajstić information content (AvgIpc) is 3.18. The highest BCUT2D eigenvalue weighted by Gasteiger charge is 2.20. The third-order valence-corrected chi connectivity index (χ3v) is 9.50. The van der Waals surface area contributed by atoms with Crippen molar-refractivity contribution in [3.63, 3.8) is 0 Å². The summed E-state index contributed by atoms with van der Waals surface area (Å²) >= 11 is 0. The van der Waals surface area contributed by atoms with Gasteiger partial charge in [-0.3, -0.25) is 4.90 Å². The minimum absolute atomic E-state index is 0.533. The molecule has 0 bridgehead atoms. The number of nitriles is 1. The van der Waals surface area contributed by atoms with Gasteiger partial charge in [-0.05, 0) is 108 Å². The van der Waals surface area contributed by atoms with Gasteiger partial charge < -0.3 is 0 Å². The number of rotatable bonds is 5. The fourth-order valence-electron chi connectivity index (χ4n) is 7.34. The third kappa shape index (κ3) is 4.78. The summed E-state index contributed by atoms with van der Waals surface area (Å²) in [5.74, 6) is 0.751. The van der Waals surface area contributed by atoms with E-state index in [2.05, 4.69) is 155 Å². The summed E-state index contributed by atoms with van der Waals surface area (Å²) in [6.07, 6.45) is 1.62. The molecule has 1 heterocycles. The molecule has 0 atom stereocenters. The van der Waals surface area contributed by atoms with Crippen LogP contribution in [0.15, 0.2) is 176 Å². The van der Waals surface area contributed by atoms with Crippen molar-refractivity contribution >= 4 is 60.3 Å². The van der Waals surface area contributed by atoms with E-state index in [4.69, 9.17) is 0 Å². The van der Waals surface area contributed by atoms with Gasteiger partial charge in [0.15, 0.2) is 0 Å². The zero-order chi connectivity index (χ0) is 32.7. The highest BCUT2D eigenvalue weighted by Crippen LogP contribution is 2.47. The molecule has 0 radical (unpaired) electrons. The Balaban J connectivity index is 1.26. The second-order valence-electron chi connectivity index (χ2n) is 12.3. The average molecular weight is 624 g/mol. The van der Waals surface area contributed by atoms with E-state index in [1.54, 1.807) is 6.20 Å². The number of aromatic nitrogens is 1. The molecule has 8 aromatic carbocycles. The Bertz CT molecular complexity index is 2650. The maximum Gasteiger partial charge on any atom is 0.137 e. The zero-order valence-electron chi connectivity index (χ0n) is 26.6. The Hall–Kier alpha value is -6.76. The summed E-state index contributed by atoms with van der Waals surface area (Å²) < 4.78 is 0. The Labute approximate surface area is 284 Å². The van der Waals surface area contributed by atoms with E-state index in [1.165, 1.54) is 59.8 Å². The topological polar surface area (TPSA) is 39.9 Å². The standard InChI is InChI=1S/C46H29N3/c47-29-31-22-27-44(48-30-31)49(34-13-2-1-3-14-34)35-25-23-32(24-26-35)45-39-18-8-10-20-41(39)46(42-21-11-9-19-40(42)45)43-28-33-12-4-5-15-36(33)37-16-6-7-17-38(37)43/h1-28,30H. The van der Waals surface area contributed by atoms with Gasteiger partial charge in [0.1, 0.15) is 11.9 Å². The molecule has 0 saturated heterocycles. The molecule has 0 aliphatic heterocycles. The number of hydrogen-bond acceptors (Lipinski definition) is 3. The van der Waals surface area contributed by atoms with Crippen LogP contribution in [-0.2, 0) is 0 Å². The van der Waals surface area contributed by atoms with E-state index >= 15 is 0 Å². The number of nitrogens with zero attached hydrogens (tertiary/aromatic N) is 3. The van der Waals surface area contributed by atoms with Crippen molar-refractivity contribution in [3.8, 4) is 28.3 Å². The number of pyridine rings is 1. The molecule has 0 saturated carbocycles. The van der Waals surface area contributed by atoms with Crippen molar-refractivity contribution in [2.45, 2.75) is 0 Å². The Kier molecular flexibility index (Phi) is 6.85. The van der Waals surface area contributed by atoms with Gasteiger partial charge in [0.2, 0.25) is 0 Å². The molecule has 0 spiro atoms. The molecule has 3 nitrogen and oxygen atoms in total. The molecule has 0 N–H and O–H groups in total. The van der Waals surface area contributed by atoms with Crippen LogP contribution in [0.5, 0.6) is 0 Å². The lowest BCUT2D eigenvalue weighted by atomic mass is 9.84. The van der Waals surface area contributed by atoms with E-state index in [0.717, 1.165) is 22.8 Å². The molecule has 9 rings (SSSR count). The monoisotopic (exact) mass is 623 g/mol. The van der Waals surface area contributed by atoms with Crippen molar-refractivity contribution in [3.05, 3.63) is 182 Å². The summed E-state index contributed by atoms with van der Waals surface area (Å²) in [5.41, 5.74) is 7.38. The van der Waals surface area contributed by atoms with Crippen molar-refractivity contribution in [2.75, 3.05) is 4.90 Å². The van der Waals surface area contributed by atoms with E-state index in [1.807, 2.05) is 30.3 Å². The van der Waals surface area contributed by atoms with Crippen LogP contribution in [0.3, 0.4) is 0 Å². The molecule has 0 fully saturated rings. The SMILES string of the molecule is N#Cc1ccc(N(c2ccccc2)c2ccc(-c3c4ccccc4c(-c4cc5ccccc5c5ccccc45)c4ccccc34)cc2)nc1. The van der Waals surface area contributed by atoms with E-state index in [0.29, 0.717) is 5.56 Å². The van der Waals surface area contributed by atoms with Gasteiger partial charge in [0, 0.05) is 17.6 Å². The summed E-state index contributed by atoms with van der Waals surface area (Å²) in [5, 5.41) is 19.3. The summed E-state index contributed by atoms with van der Waals surface area (Å²) in [7, 11) is 0. The maximum absolute atomic E-state index is 9.36. The predicted molar refractivity (Wildman–Crippen MR) is 205 cm³/mol. The van der Waals surface area contributed by atoms with Gasteiger partial charge >= 0.3 is 0 Å². The molecular weight excluding hydrogens is 595 g/mol. The Morgan fingerprint density at radius 2 is 0.980 bits per heavy atom. The number of anilines is 3. The lowest BCUT2D eigenvalue weighted by molar-refractivity contribution is 1.17. The fraction of sp³-hybridized carbons (Fsp3) is 0. The van der Waals surface area contributed by atoms with Crippen molar-refractivity contribution in [2.24, 2.45) is 0 Å². The minimum Gasteiger partial charge on any atom is -0.295 e. The van der Waals surface area contributed by atoms with Gasteiger partial charge in [0.25, 0.3) is 0 Å². The van der Waals surface area contributed by atoms with Crippen LogP contribution in [0.25, 0.3) is 65.3 Å². The van der Waals surface area contributed by atoms with Gasteiger partial charge in [-0.2, -0.15) is 5.26 Å². The first kappa shape index (κ1) is 28.5. The predicted octanol–water partition coefficient (Wildman–Crippen LogP) is 12.4. The second kappa shape index (κ2) is 11.8. The number of benzene rings is 8. The zero-order valence-corrected chi connectivity index (χ0v) is 26.6. The van der Waals surface area contributed by atoms with Gasteiger partial charge in [-0.25, -0.2) is 4.98 Å². The van der Waals surface area contributed by atoms with E-state index < -0.39 is 0 Å². The molecule has 0 aliphatic rings. The highest BCUT2D eigenvalue weighted by atomic mass is 15.2. The van der Waals surface area contributed by atoms with Crippen LogP contribution in [0.2, 0.25) is 0 Å². The molecule has 9 aromatic rings. The maximum atomic E-state index is 9.36. The summed E-state index contributed by atoms with van der Waals surface area (Å²) in [4.78, 5) is 6.77. The summed E-state index contributed by atoms with van der Waals surface area (Å²) in [6, 6.07) is 62.4. The van der Waals surface area contributed by atoms with Crippen LogP contribution in [0, 0.1) is 11.3 Å². The van der Waals surface area contributed by atoms with Gasteiger partial charge in [-0.1, -0.05) is 127 Å². The number of para-hydroxylation sites is 1. The minimum atomic E-state index is 0.533. The first-order chi connectivity index (χ1) is 24.3. The number of hydrogen-bond donors (Lipinski definition) is 0. The normalized spacial score (nSPS) is 11.2. The van der Waals surface area contributed by atoms with E-state index in [-0.39, 0.29) is 0 Å². The molecule has 228 valence electrons. The van der Waals surface area contributed by atoms with E-state index in [9.17, 15) is 5.26 Å². The van der Waals surface area contributed by atoms with Gasteiger partial charge in [0.05, 0.1) is 5.56 Å². The molecule has 0 aliphatic carbocycles. The smallest absolute Gasteiger partial charge is 0.137 e. The van der Waals surface area contributed by atoms with Crippen LogP contribution in [-0.4, -0.2) is 4.98 Å². The van der Waals surface area contributed by atoms with Gasteiger partial charge in [-0.15, -0.1) is 0 Å². The lowest BCUT2D eigenvalue weighted by Gasteiger charge is -2.25. The van der Waals surface area contributed by atoms with Crippen LogP contribution >= 0.6 is 0 Å². The third-order valence-electron chi connectivity index (χ3n) is 9.50. The van der Waals surface area contributed by atoms with Crippen LogP contribution in [0.4, 0.5) is 17.2 Å². The second-order valence-corrected chi connectivity index (χ2v) is 12.3. The first-order valence-electron chi connectivity index (χ1n) is 16.4. The molecular formula is C46H29N3. The molecule has 49 heavy (non-hydrogen) atoms. The number of fused-ring (bicyclic) bond motifs is 5. The molecule has 3 heteroatoms. The van der Waals surface area contributed by atoms with Crippen molar-refractivity contribution in [1.82, 2.24) is 4.98 Å². The summed E-state index contributed by atoms with van der Waals surface area (Å²) in [6.45, 7) is 0. The Morgan fingerprint density at radius 1 is 0.449 bits per heavy atom. The quantitative estimate of drug-likeness (QED) is 0.141. The molecule has 0 unspecified atom stereocenters. The van der Waals surface area contributed by atoms with Crippen molar-refractivity contribution in [1.29, 1.82) is 5.26 Å². The fourth-order valence-corrected chi connectivity index (χ4v) is 7.34. The lowest BCUT2D eigenvalue weighted by Crippen LogP contribution is -2.11. The molecule has 1 aromatic heterocycles. The van der Waals surface area contributed by atoms with Crippen LogP contribution in [0.1, 0.15) is 5.56 Å². The Morgan fingerprint density at radius 3 is 1.59 bits per heavy atom. The van der Waals surface area contributed by atoms with Crippen LogP contribution < -0.4 is 4.90 Å².